The number of carbonyl (C=O) groups excluding carboxylic acids is 1. The Morgan fingerprint density at radius 2 is 2.00 bits per heavy atom. The van der Waals surface area contributed by atoms with Gasteiger partial charge in [0.1, 0.15) is 12.2 Å². The highest BCUT2D eigenvalue weighted by molar-refractivity contribution is 6.31. The van der Waals surface area contributed by atoms with Crippen molar-refractivity contribution in [2.45, 2.75) is 39.9 Å². The molecule has 0 unspecified atom stereocenters. The second kappa shape index (κ2) is 7.87. The van der Waals surface area contributed by atoms with Gasteiger partial charge in [0.05, 0.1) is 35.3 Å². The fourth-order valence-corrected chi connectivity index (χ4v) is 2.76. The van der Waals surface area contributed by atoms with E-state index in [0.717, 1.165) is 16.8 Å². The molecule has 27 heavy (non-hydrogen) atoms. The van der Waals surface area contributed by atoms with E-state index in [4.69, 9.17) is 11.6 Å². The van der Waals surface area contributed by atoms with Crippen LogP contribution in [0, 0.1) is 6.92 Å². The van der Waals surface area contributed by atoms with Gasteiger partial charge < -0.3 is 5.32 Å². The fraction of sp³-hybridized carbons (Fsp3) is 0.375. The minimum Gasteiger partial charge on any atom is -0.322 e. The van der Waals surface area contributed by atoms with E-state index in [9.17, 15) is 13.6 Å². The molecule has 0 radical (unpaired) electrons. The highest BCUT2D eigenvalue weighted by atomic mass is 35.5. The summed E-state index contributed by atoms with van der Waals surface area (Å²) in [5.74, 6) is -0.420. The van der Waals surface area contributed by atoms with E-state index in [1.54, 1.807) is 17.1 Å². The first-order valence-electron chi connectivity index (χ1n) is 8.22. The lowest BCUT2D eigenvalue weighted by Crippen LogP contribution is -2.20. The summed E-state index contributed by atoms with van der Waals surface area (Å²) in [6.45, 7) is 4.60. The summed E-state index contributed by atoms with van der Waals surface area (Å²) in [7, 11) is 0. The minimum absolute atomic E-state index is 0.127. The van der Waals surface area contributed by atoms with Crippen molar-refractivity contribution in [1.82, 2.24) is 29.3 Å². The molecule has 0 spiro atoms. The smallest absolute Gasteiger partial charge is 0.283 e. The summed E-state index contributed by atoms with van der Waals surface area (Å²) in [6.07, 6.45) is 4.07. The van der Waals surface area contributed by atoms with Gasteiger partial charge in [0.25, 0.3) is 6.43 Å². The number of carbonyl (C=O) groups is 1. The number of hydrogen-bond donors (Lipinski definition) is 1. The highest BCUT2D eigenvalue weighted by Gasteiger charge is 2.21. The second-order valence-corrected chi connectivity index (χ2v) is 6.30. The Kier molecular flexibility index (Phi) is 5.54. The number of nitrogens with zero attached hydrogens (tertiary/aromatic N) is 6. The molecule has 0 atom stereocenters. The zero-order valence-corrected chi connectivity index (χ0v) is 15.5. The predicted molar refractivity (Wildman–Crippen MR) is 94.8 cm³/mol. The highest BCUT2D eigenvalue weighted by Crippen LogP contribution is 2.28. The van der Waals surface area contributed by atoms with E-state index in [1.165, 1.54) is 13.1 Å². The van der Waals surface area contributed by atoms with Gasteiger partial charge in [-0.15, -0.1) is 0 Å². The lowest BCUT2D eigenvalue weighted by atomic mass is 10.3. The molecule has 0 fully saturated rings. The van der Waals surface area contributed by atoms with E-state index in [1.807, 2.05) is 17.8 Å². The van der Waals surface area contributed by atoms with Gasteiger partial charge in [-0.25, -0.2) is 8.78 Å². The molecule has 3 aromatic rings. The van der Waals surface area contributed by atoms with Crippen molar-refractivity contribution in [3.8, 4) is 0 Å². The molecule has 8 nitrogen and oxygen atoms in total. The molecular formula is C16H18ClF2N7O. The topological polar surface area (TPSA) is 82.6 Å². The number of anilines is 1. The van der Waals surface area contributed by atoms with E-state index in [2.05, 4.69) is 20.6 Å². The van der Waals surface area contributed by atoms with Gasteiger partial charge in [0.2, 0.25) is 5.91 Å². The molecule has 1 N–H and O–H groups in total. The van der Waals surface area contributed by atoms with Gasteiger partial charge in [-0.3, -0.25) is 18.8 Å². The fourth-order valence-electron chi connectivity index (χ4n) is 2.54. The van der Waals surface area contributed by atoms with Crippen LogP contribution in [-0.4, -0.2) is 35.2 Å². The Morgan fingerprint density at radius 3 is 2.63 bits per heavy atom. The summed E-state index contributed by atoms with van der Waals surface area (Å²) < 4.78 is 30.3. The molecule has 3 heterocycles. The zero-order valence-electron chi connectivity index (χ0n) is 14.7. The molecule has 144 valence electrons. The van der Waals surface area contributed by atoms with Crippen LogP contribution in [0.3, 0.4) is 0 Å². The van der Waals surface area contributed by atoms with Crippen LogP contribution in [0.2, 0.25) is 5.02 Å². The van der Waals surface area contributed by atoms with Crippen LogP contribution in [0.15, 0.2) is 24.8 Å². The number of halogens is 3. The number of hydrogen-bond acceptors (Lipinski definition) is 4. The molecule has 11 heteroatoms. The van der Waals surface area contributed by atoms with Crippen molar-refractivity contribution in [3.05, 3.63) is 46.8 Å². The average Bonchev–Trinajstić information content (AvgIpc) is 3.32. The first-order chi connectivity index (χ1) is 12.9. The number of aryl methyl sites for hydroxylation is 1. The number of aromatic nitrogens is 6. The summed E-state index contributed by atoms with van der Waals surface area (Å²) in [6, 6.07) is 0. The molecule has 0 aliphatic heterocycles. The Morgan fingerprint density at radius 1 is 1.26 bits per heavy atom. The number of rotatable bonds is 7. The van der Waals surface area contributed by atoms with Crippen molar-refractivity contribution in [2.24, 2.45) is 0 Å². The van der Waals surface area contributed by atoms with E-state index in [0.29, 0.717) is 17.9 Å². The van der Waals surface area contributed by atoms with Gasteiger partial charge in [-0.2, -0.15) is 15.3 Å². The van der Waals surface area contributed by atoms with Crippen molar-refractivity contribution in [2.75, 3.05) is 5.32 Å². The number of amides is 1. The van der Waals surface area contributed by atoms with Crippen LogP contribution in [0.4, 0.5) is 14.5 Å². The monoisotopic (exact) mass is 397 g/mol. The SMILES string of the molecule is CCn1cc(Cn2cc(NC(=O)Cn3nc(C(F)F)c(Cl)c3C)cn2)cn1. The Labute approximate surface area is 158 Å². The summed E-state index contributed by atoms with van der Waals surface area (Å²) >= 11 is 5.83. The van der Waals surface area contributed by atoms with Gasteiger partial charge in [0.15, 0.2) is 0 Å². The van der Waals surface area contributed by atoms with Crippen LogP contribution in [-0.2, 0) is 24.4 Å². The van der Waals surface area contributed by atoms with Gasteiger partial charge in [-0.05, 0) is 13.8 Å². The van der Waals surface area contributed by atoms with Gasteiger partial charge >= 0.3 is 0 Å². The third-order valence-corrected chi connectivity index (χ3v) is 4.40. The normalized spacial score (nSPS) is 11.3. The Balaban J connectivity index is 1.62. The number of alkyl halides is 2. The summed E-state index contributed by atoms with van der Waals surface area (Å²) in [5, 5.41) is 14.6. The standard InChI is InChI=1S/C16H18ClF2N7O/c1-3-24-6-11(4-20-24)7-25-8-12(5-21-25)22-13(27)9-26-10(2)14(17)15(23-26)16(18)19/h4-6,8,16H,3,7,9H2,1-2H3,(H,22,27). The minimum atomic E-state index is -2.80. The maximum Gasteiger partial charge on any atom is 0.283 e. The lowest BCUT2D eigenvalue weighted by Gasteiger charge is -2.04. The molecular weight excluding hydrogens is 380 g/mol. The molecule has 0 aliphatic rings. The predicted octanol–water partition coefficient (Wildman–Crippen LogP) is 2.88. The second-order valence-electron chi connectivity index (χ2n) is 5.92. The van der Waals surface area contributed by atoms with Crippen LogP contribution >= 0.6 is 11.6 Å². The van der Waals surface area contributed by atoms with Crippen LogP contribution in [0.25, 0.3) is 0 Å². The van der Waals surface area contributed by atoms with Crippen LogP contribution < -0.4 is 5.32 Å². The van der Waals surface area contributed by atoms with E-state index in [-0.39, 0.29) is 11.6 Å². The first-order valence-corrected chi connectivity index (χ1v) is 8.59. The van der Waals surface area contributed by atoms with Gasteiger partial charge in [-0.1, -0.05) is 11.6 Å². The average molecular weight is 398 g/mol. The van der Waals surface area contributed by atoms with Gasteiger partial charge in [0, 0.05) is 24.5 Å². The number of nitrogens with one attached hydrogen (secondary N) is 1. The maximum atomic E-state index is 12.8. The van der Waals surface area contributed by atoms with Crippen molar-refractivity contribution >= 4 is 23.2 Å². The third-order valence-electron chi connectivity index (χ3n) is 3.93. The van der Waals surface area contributed by atoms with E-state index >= 15 is 0 Å². The summed E-state index contributed by atoms with van der Waals surface area (Å²) in [4.78, 5) is 12.2. The van der Waals surface area contributed by atoms with Crippen molar-refractivity contribution < 1.29 is 13.6 Å². The molecule has 0 bridgehead atoms. The van der Waals surface area contributed by atoms with Crippen LogP contribution in [0.5, 0.6) is 0 Å². The summed E-state index contributed by atoms with van der Waals surface area (Å²) in [5.41, 5.74) is 1.26. The third kappa shape index (κ3) is 4.33. The first kappa shape index (κ1) is 19.0. The molecule has 0 saturated carbocycles. The molecule has 3 aromatic heterocycles. The Bertz CT molecular complexity index is 947. The molecule has 0 saturated heterocycles. The zero-order chi connectivity index (χ0) is 19.6. The lowest BCUT2D eigenvalue weighted by molar-refractivity contribution is -0.117. The largest absolute Gasteiger partial charge is 0.322 e. The molecule has 0 aliphatic carbocycles. The molecule has 0 aromatic carbocycles. The maximum absolute atomic E-state index is 12.8. The van der Waals surface area contributed by atoms with Crippen molar-refractivity contribution in [3.63, 3.8) is 0 Å². The Hall–Kier alpha value is -2.75. The van der Waals surface area contributed by atoms with Crippen LogP contribution in [0.1, 0.15) is 30.3 Å². The molecule has 3 rings (SSSR count). The molecule has 1 amide bonds. The quantitative estimate of drug-likeness (QED) is 0.664. The van der Waals surface area contributed by atoms with E-state index < -0.39 is 18.0 Å². The van der Waals surface area contributed by atoms with Crippen molar-refractivity contribution in [1.29, 1.82) is 0 Å².